The van der Waals surface area contributed by atoms with E-state index >= 15 is 0 Å². The Bertz CT molecular complexity index is 133. The van der Waals surface area contributed by atoms with Crippen molar-refractivity contribution in [2.45, 2.75) is 26.2 Å². The molecular formula is C11H23BrN2. The highest BCUT2D eigenvalue weighted by molar-refractivity contribution is 9.09. The SMILES string of the molecule is CCCCCN1CCN(CCBr)CC1. The van der Waals surface area contributed by atoms with Crippen molar-refractivity contribution in [3.05, 3.63) is 0 Å². The van der Waals surface area contributed by atoms with Crippen LogP contribution in [0.5, 0.6) is 0 Å². The molecule has 1 rings (SSSR count). The topological polar surface area (TPSA) is 6.48 Å². The molecule has 0 atom stereocenters. The second-order valence-corrected chi connectivity index (χ2v) is 4.87. The van der Waals surface area contributed by atoms with Crippen molar-refractivity contribution in [2.24, 2.45) is 0 Å². The molecule has 3 heteroatoms. The smallest absolute Gasteiger partial charge is 0.0159 e. The lowest BCUT2D eigenvalue weighted by Gasteiger charge is -2.34. The molecule has 0 aromatic carbocycles. The molecule has 0 bridgehead atoms. The van der Waals surface area contributed by atoms with E-state index in [4.69, 9.17) is 0 Å². The van der Waals surface area contributed by atoms with Crippen molar-refractivity contribution in [3.63, 3.8) is 0 Å². The average molecular weight is 263 g/mol. The summed E-state index contributed by atoms with van der Waals surface area (Å²) >= 11 is 3.50. The molecule has 0 amide bonds. The number of rotatable bonds is 6. The fraction of sp³-hybridized carbons (Fsp3) is 1.00. The Morgan fingerprint density at radius 3 is 2.00 bits per heavy atom. The number of halogens is 1. The van der Waals surface area contributed by atoms with E-state index in [1.807, 2.05) is 0 Å². The van der Waals surface area contributed by atoms with Crippen LogP contribution < -0.4 is 0 Å². The van der Waals surface area contributed by atoms with Gasteiger partial charge in [0, 0.05) is 38.1 Å². The van der Waals surface area contributed by atoms with Crippen LogP contribution in [0.4, 0.5) is 0 Å². The van der Waals surface area contributed by atoms with E-state index in [9.17, 15) is 0 Å². The van der Waals surface area contributed by atoms with Gasteiger partial charge in [0.05, 0.1) is 0 Å². The zero-order chi connectivity index (χ0) is 10.2. The van der Waals surface area contributed by atoms with Crippen molar-refractivity contribution >= 4 is 15.9 Å². The second kappa shape index (κ2) is 7.66. The molecule has 0 radical (unpaired) electrons. The van der Waals surface area contributed by atoms with Crippen LogP contribution >= 0.6 is 15.9 Å². The van der Waals surface area contributed by atoms with Crippen molar-refractivity contribution in [3.8, 4) is 0 Å². The van der Waals surface area contributed by atoms with E-state index < -0.39 is 0 Å². The van der Waals surface area contributed by atoms with Gasteiger partial charge < -0.3 is 4.90 Å². The van der Waals surface area contributed by atoms with Gasteiger partial charge in [0.25, 0.3) is 0 Å². The van der Waals surface area contributed by atoms with Gasteiger partial charge in [0.1, 0.15) is 0 Å². The van der Waals surface area contributed by atoms with Gasteiger partial charge in [-0.05, 0) is 13.0 Å². The Hall–Kier alpha value is 0.400. The Kier molecular flexibility index (Phi) is 6.82. The van der Waals surface area contributed by atoms with Crippen molar-refractivity contribution < 1.29 is 0 Å². The predicted molar refractivity (Wildman–Crippen MR) is 66.2 cm³/mol. The molecule has 1 fully saturated rings. The largest absolute Gasteiger partial charge is 0.301 e. The zero-order valence-corrected chi connectivity index (χ0v) is 10.9. The number of hydrogen-bond donors (Lipinski definition) is 0. The molecule has 1 aliphatic rings. The third kappa shape index (κ3) is 4.76. The van der Waals surface area contributed by atoms with Crippen molar-refractivity contribution in [1.82, 2.24) is 9.80 Å². The van der Waals surface area contributed by atoms with E-state index in [0.717, 1.165) is 5.33 Å². The molecule has 0 N–H and O–H groups in total. The maximum absolute atomic E-state index is 3.50. The highest BCUT2D eigenvalue weighted by Gasteiger charge is 2.14. The molecule has 1 saturated heterocycles. The summed E-state index contributed by atoms with van der Waals surface area (Å²) in [5, 5.41) is 1.11. The minimum atomic E-state index is 1.11. The minimum Gasteiger partial charge on any atom is -0.301 e. The Morgan fingerprint density at radius 1 is 0.929 bits per heavy atom. The van der Waals surface area contributed by atoms with Crippen LogP contribution in [-0.2, 0) is 0 Å². The maximum Gasteiger partial charge on any atom is 0.0159 e. The lowest BCUT2D eigenvalue weighted by Crippen LogP contribution is -2.46. The predicted octanol–water partition coefficient (Wildman–Crippen LogP) is 2.19. The first-order valence-electron chi connectivity index (χ1n) is 5.87. The number of piperazine rings is 1. The minimum absolute atomic E-state index is 1.11. The van der Waals surface area contributed by atoms with E-state index in [-0.39, 0.29) is 0 Å². The second-order valence-electron chi connectivity index (χ2n) is 4.08. The van der Waals surface area contributed by atoms with Gasteiger partial charge in [0.2, 0.25) is 0 Å². The highest BCUT2D eigenvalue weighted by atomic mass is 79.9. The van der Waals surface area contributed by atoms with Gasteiger partial charge in [-0.1, -0.05) is 35.7 Å². The van der Waals surface area contributed by atoms with Gasteiger partial charge in [-0.3, -0.25) is 4.90 Å². The number of nitrogens with zero attached hydrogens (tertiary/aromatic N) is 2. The molecule has 0 aromatic heterocycles. The summed E-state index contributed by atoms with van der Waals surface area (Å²) < 4.78 is 0. The fourth-order valence-corrected chi connectivity index (χ4v) is 2.44. The van der Waals surface area contributed by atoms with Gasteiger partial charge in [-0.2, -0.15) is 0 Å². The number of hydrogen-bond acceptors (Lipinski definition) is 2. The molecule has 84 valence electrons. The third-order valence-electron chi connectivity index (χ3n) is 2.94. The summed E-state index contributed by atoms with van der Waals surface area (Å²) in [6.07, 6.45) is 4.11. The lowest BCUT2D eigenvalue weighted by molar-refractivity contribution is 0.137. The number of alkyl halides is 1. The van der Waals surface area contributed by atoms with E-state index in [1.54, 1.807) is 0 Å². The molecular weight excluding hydrogens is 240 g/mol. The van der Waals surface area contributed by atoms with E-state index in [0.29, 0.717) is 0 Å². The van der Waals surface area contributed by atoms with Crippen LogP contribution in [0.3, 0.4) is 0 Å². The number of unbranched alkanes of at least 4 members (excludes halogenated alkanes) is 2. The van der Waals surface area contributed by atoms with E-state index in [2.05, 4.69) is 32.7 Å². The van der Waals surface area contributed by atoms with Crippen LogP contribution in [0, 0.1) is 0 Å². The zero-order valence-electron chi connectivity index (χ0n) is 9.34. The van der Waals surface area contributed by atoms with Gasteiger partial charge >= 0.3 is 0 Å². The molecule has 1 aliphatic heterocycles. The fourth-order valence-electron chi connectivity index (χ4n) is 1.94. The molecule has 2 nitrogen and oxygen atoms in total. The average Bonchev–Trinajstić information content (AvgIpc) is 2.21. The first-order chi connectivity index (χ1) is 6.86. The summed E-state index contributed by atoms with van der Waals surface area (Å²) in [7, 11) is 0. The quantitative estimate of drug-likeness (QED) is 0.535. The maximum atomic E-state index is 3.50. The van der Waals surface area contributed by atoms with Crippen LogP contribution in [0.1, 0.15) is 26.2 Å². The summed E-state index contributed by atoms with van der Waals surface area (Å²) in [6.45, 7) is 9.87. The summed E-state index contributed by atoms with van der Waals surface area (Å²) in [6, 6.07) is 0. The summed E-state index contributed by atoms with van der Waals surface area (Å²) in [5.74, 6) is 0. The van der Waals surface area contributed by atoms with Gasteiger partial charge in [-0.25, -0.2) is 0 Å². The Morgan fingerprint density at radius 2 is 1.50 bits per heavy atom. The molecule has 0 saturated carbocycles. The molecule has 0 spiro atoms. The standard InChI is InChI=1S/C11H23BrN2/c1-2-3-4-6-13-8-10-14(7-5-12)11-9-13/h2-11H2,1H3. The monoisotopic (exact) mass is 262 g/mol. The first-order valence-corrected chi connectivity index (χ1v) is 6.99. The van der Waals surface area contributed by atoms with Crippen LogP contribution in [-0.4, -0.2) is 54.4 Å². The molecule has 1 heterocycles. The van der Waals surface area contributed by atoms with Crippen LogP contribution in [0.15, 0.2) is 0 Å². The van der Waals surface area contributed by atoms with Crippen molar-refractivity contribution in [1.29, 1.82) is 0 Å². The van der Waals surface area contributed by atoms with Crippen molar-refractivity contribution in [2.75, 3.05) is 44.6 Å². The molecule has 0 aromatic rings. The Labute approximate surface area is 96.8 Å². The normalized spacial score (nSPS) is 20.1. The van der Waals surface area contributed by atoms with Crippen LogP contribution in [0.2, 0.25) is 0 Å². The summed E-state index contributed by atoms with van der Waals surface area (Å²) in [4.78, 5) is 5.16. The first kappa shape index (κ1) is 12.5. The van der Waals surface area contributed by atoms with E-state index in [1.165, 1.54) is 58.5 Å². The highest BCUT2D eigenvalue weighted by Crippen LogP contribution is 2.04. The summed E-state index contributed by atoms with van der Waals surface area (Å²) in [5.41, 5.74) is 0. The molecule has 0 aliphatic carbocycles. The lowest BCUT2D eigenvalue weighted by atomic mass is 10.2. The van der Waals surface area contributed by atoms with Crippen LogP contribution in [0.25, 0.3) is 0 Å². The Balaban J connectivity index is 2.03. The molecule has 0 unspecified atom stereocenters. The third-order valence-corrected chi connectivity index (χ3v) is 3.30. The molecule has 14 heavy (non-hydrogen) atoms. The van der Waals surface area contributed by atoms with Gasteiger partial charge in [0.15, 0.2) is 0 Å². The van der Waals surface area contributed by atoms with Gasteiger partial charge in [-0.15, -0.1) is 0 Å².